The Balaban J connectivity index is 1.46. The first-order valence-corrected chi connectivity index (χ1v) is 18.4. The standard InChI is InChI=1S/C31H64NO5Si/c1-4-5-6-7-8-9-10-11-12-13-14-15-16-17-18-19-22-32(2,3)23-20-29-38-35-24-21-31(34-26-28-37-38)30-33-25-27-36-38/h31H,4-30H2,1-3H3/q+1. The number of quaternary nitrogens is 1. The highest BCUT2D eigenvalue weighted by molar-refractivity contribution is 6.60. The minimum Gasteiger partial charge on any atom is -0.376 e. The fourth-order valence-electron chi connectivity index (χ4n) is 5.71. The summed E-state index contributed by atoms with van der Waals surface area (Å²) in [6.07, 6.45) is 24.8. The lowest BCUT2D eigenvalue weighted by Gasteiger charge is -2.33. The van der Waals surface area contributed by atoms with Gasteiger partial charge in [0.2, 0.25) is 0 Å². The van der Waals surface area contributed by atoms with Gasteiger partial charge >= 0.3 is 8.80 Å². The zero-order valence-corrected chi connectivity index (χ0v) is 26.7. The monoisotopic (exact) mass is 558 g/mol. The van der Waals surface area contributed by atoms with Gasteiger partial charge in [-0.25, -0.2) is 0 Å². The van der Waals surface area contributed by atoms with Gasteiger partial charge in [-0.05, 0) is 19.3 Å². The van der Waals surface area contributed by atoms with E-state index in [-0.39, 0.29) is 6.10 Å². The molecule has 0 aliphatic carbocycles. The summed E-state index contributed by atoms with van der Waals surface area (Å²) in [5.74, 6) is 0. The molecule has 2 rings (SSSR count). The van der Waals surface area contributed by atoms with Crippen molar-refractivity contribution in [3.05, 3.63) is 0 Å². The van der Waals surface area contributed by atoms with Gasteiger partial charge in [-0.1, -0.05) is 96.8 Å². The van der Waals surface area contributed by atoms with Gasteiger partial charge < -0.3 is 27.2 Å². The summed E-state index contributed by atoms with van der Waals surface area (Å²) in [7, 11) is 2.08. The number of fused-ring (bicyclic) bond motifs is 4. The van der Waals surface area contributed by atoms with Gasteiger partial charge in [-0.2, -0.15) is 0 Å². The number of ether oxygens (including phenoxy) is 2. The molecule has 2 unspecified atom stereocenters. The molecule has 0 radical (unpaired) electrons. The van der Waals surface area contributed by atoms with Gasteiger partial charge in [0.1, 0.15) is 0 Å². The molecule has 2 aliphatic heterocycles. The van der Waals surface area contributed by atoms with Crippen LogP contribution in [0, 0.1) is 0 Å². The molecule has 2 fully saturated rings. The van der Waals surface area contributed by atoms with Crippen molar-refractivity contribution in [1.29, 1.82) is 0 Å². The summed E-state index contributed by atoms with van der Waals surface area (Å²) in [5, 5.41) is 0. The zero-order chi connectivity index (χ0) is 27.2. The van der Waals surface area contributed by atoms with E-state index in [1.165, 1.54) is 109 Å². The number of hydrogen-bond donors (Lipinski definition) is 0. The van der Waals surface area contributed by atoms with Crippen LogP contribution >= 0.6 is 0 Å². The Hall–Kier alpha value is -0.0231. The van der Waals surface area contributed by atoms with Crippen molar-refractivity contribution < 1.29 is 27.2 Å². The van der Waals surface area contributed by atoms with E-state index in [0.717, 1.165) is 29.9 Å². The SMILES string of the molecule is CCCCCCCCCCCCCCCCCC[N+](C)(C)CCC[Si]12OCCOCC(CCO1)OCCO2. The maximum absolute atomic E-state index is 6.32. The molecule has 0 amide bonds. The Kier molecular flexibility index (Phi) is 19.5. The predicted molar refractivity (Wildman–Crippen MR) is 160 cm³/mol. The van der Waals surface area contributed by atoms with Gasteiger partial charge in [0.25, 0.3) is 0 Å². The molecule has 38 heavy (non-hydrogen) atoms. The van der Waals surface area contributed by atoms with Crippen LogP contribution in [0.2, 0.25) is 6.04 Å². The fourth-order valence-corrected chi connectivity index (χ4v) is 8.20. The van der Waals surface area contributed by atoms with Crippen LogP contribution in [-0.4, -0.2) is 86.2 Å². The highest BCUT2D eigenvalue weighted by Crippen LogP contribution is 2.23. The Morgan fingerprint density at radius 2 is 1.08 bits per heavy atom. The van der Waals surface area contributed by atoms with E-state index in [1.54, 1.807) is 0 Å². The zero-order valence-electron chi connectivity index (χ0n) is 25.7. The molecular formula is C31H64NO5Si+. The summed E-state index contributed by atoms with van der Waals surface area (Å²) in [6, 6.07) is 0.887. The van der Waals surface area contributed by atoms with E-state index >= 15 is 0 Å². The van der Waals surface area contributed by atoms with Crippen molar-refractivity contribution in [3.8, 4) is 0 Å². The predicted octanol–water partition coefficient (Wildman–Crippen LogP) is 7.52. The molecular weight excluding hydrogens is 494 g/mol. The number of rotatable bonds is 21. The van der Waals surface area contributed by atoms with Crippen LogP contribution < -0.4 is 0 Å². The molecule has 2 bridgehead atoms. The van der Waals surface area contributed by atoms with Crippen molar-refractivity contribution in [2.75, 3.05) is 66.8 Å². The highest BCUT2D eigenvalue weighted by Gasteiger charge is 2.42. The van der Waals surface area contributed by atoms with Crippen LogP contribution in [-0.2, 0) is 22.8 Å². The first-order valence-electron chi connectivity index (χ1n) is 16.5. The van der Waals surface area contributed by atoms with Crippen LogP contribution in [0.4, 0.5) is 0 Å². The maximum Gasteiger partial charge on any atom is 0.501 e. The maximum atomic E-state index is 6.32. The summed E-state index contributed by atoms with van der Waals surface area (Å²) in [5.41, 5.74) is 0. The van der Waals surface area contributed by atoms with E-state index in [2.05, 4.69) is 21.0 Å². The van der Waals surface area contributed by atoms with Crippen molar-refractivity contribution >= 4 is 8.80 Å². The summed E-state index contributed by atoms with van der Waals surface area (Å²) in [6.45, 7) is 8.22. The minimum atomic E-state index is -2.66. The van der Waals surface area contributed by atoms with E-state index in [0.29, 0.717) is 39.6 Å². The molecule has 2 atom stereocenters. The minimum absolute atomic E-state index is 0.108. The van der Waals surface area contributed by atoms with Crippen LogP contribution in [0.15, 0.2) is 0 Å². The summed E-state index contributed by atoms with van der Waals surface area (Å²) >= 11 is 0. The second-order valence-electron chi connectivity index (χ2n) is 12.4. The Bertz CT molecular complexity index is 548. The third-order valence-electron chi connectivity index (χ3n) is 8.24. The smallest absolute Gasteiger partial charge is 0.376 e. The third-order valence-corrected chi connectivity index (χ3v) is 11.1. The molecule has 0 aromatic heterocycles. The van der Waals surface area contributed by atoms with E-state index in [9.17, 15) is 0 Å². The van der Waals surface area contributed by atoms with E-state index < -0.39 is 8.80 Å². The lowest BCUT2D eigenvalue weighted by molar-refractivity contribution is -0.890. The summed E-state index contributed by atoms with van der Waals surface area (Å²) in [4.78, 5) is 0. The van der Waals surface area contributed by atoms with E-state index in [1.807, 2.05) is 0 Å². The molecule has 0 saturated carbocycles. The van der Waals surface area contributed by atoms with E-state index in [4.69, 9.17) is 22.8 Å². The van der Waals surface area contributed by atoms with Gasteiger partial charge in [-0.15, -0.1) is 0 Å². The number of nitrogens with zero attached hydrogens (tertiary/aromatic N) is 1. The lowest BCUT2D eigenvalue weighted by atomic mass is 10.0. The molecule has 0 aromatic rings. The first kappa shape index (κ1) is 34.2. The van der Waals surface area contributed by atoms with Crippen molar-refractivity contribution in [2.45, 2.75) is 135 Å². The Morgan fingerprint density at radius 3 is 1.68 bits per heavy atom. The van der Waals surface area contributed by atoms with Gasteiger partial charge in [0.05, 0.1) is 66.3 Å². The van der Waals surface area contributed by atoms with Crippen molar-refractivity contribution in [2.24, 2.45) is 0 Å². The topological polar surface area (TPSA) is 46.2 Å². The Morgan fingerprint density at radius 1 is 0.579 bits per heavy atom. The highest BCUT2D eigenvalue weighted by atomic mass is 28.4. The van der Waals surface area contributed by atoms with Crippen LogP contribution in [0.3, 0.4) is 0 Å². The molecule has 2 saturated heterocycles. The third kappa shape index (κ3) is 16.9. The summed E-state index contributed by atoms with van der Waals surface area (Å²) < 4.78 is 31.5. The molecule has 226 valence electrons. The fraction of sp³-hybridized carbons (Fsp3) is 1.00. The largest absolute Gasteiger partial charge is 0.501 e. The molecule has 2 aliphatic rings. The molecule has 0 spiro atoms. The van der Waals surface area contributed by atoms with Gasteiger partial charge in [0, 0.05) is 19.1 Å². The normalized spacial score (nSPS) is 23.3. The quantitative estimate of drug-likeness (QED) is 0.0828. The molecule has 0 aromatic carbocycles. The van der Waals surface area contributed by atoms with Crippen LogP contribution in [0.25, 0.3) is 0 Å². The second kappa shape index (κ2) is 21.7. The van der Waals surface area contributed by atoms with Crippen molar-refractivity contribution in [3.63, 3.8) is 0 Å². The van der Waals surface area contributed by atoms with Gasteiger partial charge in [0.15, 0.2) is 0 Å². The number of hydrogen-bond acceptors (Lipinski definition) is 5. The Labute approximate surface area is 237 Å². The average molecular weight is 559 g/mol. The molecule has 2 heterocycles. The second-order valence-corrected chi connectivity index (χ2v) is 15.1. The lowest BCUT2D eigenvalue weighted by Crippen LogP contribution is -2.49. The molecule has 7 heteroatoms. The molecule has 0 N–H and O–H groups in total. The van der Waals surface area contributed by atoms with Crippen LogP contribution in [0.5, 0.6) is 0 Å². The van der Waals surface area contributed by atoms with Gasteiger partial charge in [-0.3, -0.25) is 0 Å². The molecule has 6 nitrogen and oxygen atoms in total. The first-order chi connectivity index (χ1) is 18.6. The number of unbranched alkanes of at least 4 members (excludes halogenated alkanes) is 15. The van der Waals surface area contributed by atoms with Crippen molar-refractivity contribution in [1.82, 2.24) is 0 Å². The average Bonchev–Trinajstić information content (AvgIpc) is 2.96. The van der Waals surface area contributed by atoms with Crippen LogP contribution in [0.1, 0.15) is 122 Å².